The Labute approximate surface area is 124 Å². The fourth-order valence-electron chi connectivity index (χ4n) is 2.25. The van der Waals surface area contributed by atoms with E-state index < -0.39 is 0 Å². The Morgan fingerprint density at radius 1 is 1.16 bits per heavy atom. The van der Waals surface area contributed by atoms with Gasteiger partial charge in [0, 0.05) is 9.35 Å². The molecule has 1 heterocycles. The van der Waals surface area contributed by atoms with Crippen LogP contribution in [0.25, 0.3) is 0 Å². The zero-order chi connectivity index (χ0) is 13.2. The molecule has 1 aromatic carbocycles. The number of carbonyl (C=O) groups excluding carboxylic acids is 1. The molecule has 0 spiro atoms. The highest BCUT2D eigenvalue weighted by atomic mass is 79.9. The van der Waals surface area contributed by atoms with Gasteiger partial charge >= 0.3 is 5.97 Å². The van der Waals surface area contributed by atoms with E-state index in [0.29, 0.717) is 5.75 Å². The van der Waals surface area contributed by atoms with E-state index in [1.165, 1.54) is 23.3 Å². The molecule has 0 aliphatic heterocycles. The Morgan fingerprint density at radius 2 is 1.89 bits per heavy atom. The van der Waals surface area contributed by atoms with Gasteiger partial charge in [0.2, 0.25) is 0 Å². The van der Waals surface area contributed by atoms with Crippen LogP contribution in [0, 0.1) is 0 Å². The predicted octanol–water partition coefficient (Wildman–Crippen LogP) is 4.61. The largest absolute Gasteiger partial charge is 0.422 e. The third kappa shape index (κ3) is 2.90. The summed E-state index contributed by atoms with van der Waals surface area (Å²) < 4.78 is 6.35. The van der Waals surface area contributed by atoms with Gasteiger partial charge in [0.25, 0.3) is 0 Å². The molecule has 0 radical (unpaired) electrons. The molecule has 0 atom stereocenters. The summed E-state index contributed by atoms with van der Waals surface area (Å²) in [5, 5.41) is 0. The Bertz CT molecular complexity index is 578. The first-order chi connectivity index (χ1) is 9.22. The van der Waals surface area contributed by atoms with E-state index in [0.717, 1.165) is 22.2 Å². The second kappa shape index (κ2) is 5.47. The molecule has 0 N–H and O–H groups in total. The van der Waals surface area contributed by atoms with E-state index in [1.54, 1.807) is 23.5 Å². The third-order valence-corrected chi connectivity index (χ3v) is 4.97. The zero-order valence-corrected chi connectivity index (χ0v) is 12.7. The van der Waals surface area contributed by atoms with E-state index in [-0.39, 0.29) is 5.97 Å². The number of hydrogen-bond acceptors (Lipinski definition) is 3. The summed E-state index contributed by atoms with van der Waals surface area (Å²) in [4.78, 5) is 14.2. The van der Waals surface area contributed by atoms with Gasteiger partial charge in [0.15, 0.2) is 0 Å². The van der Waals surface area contributed by atoms with Crippen LogP contribution in [-0.2, 0) is 12.8 Å². The standard InChI is InChI=1S/C15H13BrO2S/c16-11-5-7-12(8-6-11)18-15(17)14-9-10-3-1-2-4-13(10)19-14/h5-9H,1-4H2. The van der Waals surface area contributed by atoms with Crippen molar-refractivity contribution in [1.82, 2.24) is 0 Å². The normalized spacial score (nSPS) is 13.9. The topological polar surface area (TPSA) is 26.3 Å². The number of benzene rings is 1. The van der Waals surface area contributed by atoms with Gasteiger partial charge < -0.3 is 4.74 Å². The van der Waals surface area contributed by atoms with Gasteiger partial charge in [0.05, 0.1) is 0 Å². The van der Waals surface area contributed by atoms with Gasteiger partial charge in [-0.25, -0.2) is 4.79 Å². The van der Waals surface area contributed by atoms with E-state index in [2.05, 4.69) is 15.9 Å². The first-order valence-corrected chi connectivity index (χ1v) is 7.92. The monoisotopic (exact) mass is 336 g/mol. The lowest BCUT2D eigenvalue weighted by Gasteiger charge is -2.08. The SMILES string of the molecule is O=C(Oc1ccc(Br)cc1)c1cc2c(s1)CCCC2. The number of aryl methyl sites for hydroxylation is 2. The highest BCUT2D eigenvalue weighted by molar-refractivity contribution is 9.10. The van der Waals surface area contributed by atoms with Crippen molar-refractivity contribution in [3.63, 3.8) is 0 Å². The van der Waals surface area contributed by atoms with Crippen LogP contribution in [-0.4, -0.2) is 5.97 Å². The van der Waals surface area contributed by atoms with Gasteiger partial charge in [-0.05, 0) is 61.6 Å². The fraction of sp³-hybridized carbons (Fsp3) is 0.267. The average molecular weight is 337 g/mol. The molecule has 19 heavy (non-hydrogen) atoms. The van der Waals surface area contributed by atoms with Gasteiger partial charge in [-0.2, -0.15) is 0 Å². The maximum Gasteiger partial charge on any atom is 0.353 e. The Balaban J connectivity index is 1.76. The highest BCUT2D eigenvalue weighted by Gasteiger charge is 2.18. The lowest BCUT2D eigenvalue weighted by Crippen LogP contribution is -2.06. The lowest BCUT2D eigenvalue weighted by molar-refractivity contribution is 0.0740. The molecule has 0 saturated carbocycles. The second-order valence-corrected chi connectivity index (χ2v) is 6.66. The van der Waals surface area contributed by atoms with Crippen molar-refractivity contribution >= 4 is 33.2 Å². The van der Waals surface area contributed by atoms with Crippen LogP contribution in [0.15, 0.2) is 34.8 Å². The lowest BCUT2D eigenvalue weighted by atomic mass is 9.99. The molecule has 0 bridgehead atoms. The van der Waals surface area contributed by atoms with Crippen LogP contribution in [0.5, 0.6) is 5.75 Å². The molecule has 1 aliphatic rings. The second-order valence-electron chi connectivity index (χ2n) is 4.61. The number of thiophene rings is 1. The summed E-state index contributed by atoms with van der Waals surface area (Å²) in [5.41, 5.74) is 1.33. The number of fused-ring (bicyclic) bond motifs is 1. The van der Waals surface area contributed by atoms with Gasteiger partial charge in [-0.3, -0.25) is 0 Å². The minimum atomic E-state index is -0.248. The molecule has 1 aromatic heterocycles. The van der Waals surface area contributed by atoms with E-state index in [4.69, 9.17) is 4.74 Å². The van der Waals surface area contributed by atoms with Gasteiger partial charge in [0.1, 0.15) is 10.6 Å². The van der Waals surface area contributed by atoms with Crippen molar-refractivity contribution in [3.8, 4) is 5.75 Å². The summed E-state index contributed by atoms with van der Waals surface area (Å²) in [6.07, 6.45) is 4.66. The summed E-state index contributed by atoms with van der Waals surface area (Å²) >= 11 is 4.94. The number of hydrogen-bond donors (Lipinski definition) is 0. The quantitative estimate of drug-likeness (QED) is 0.591. The van der Waals surface area contributed by atoms with Crippen molar-refractivity contribution in [2.24, 2.45) is 0 Å². The van der Waals surface area contributed by atoms with Crippen molar-refractivity contribution in [1.29, 1.82) is 0 Å². The minimum absolute atomic E-state index is 0.248. The van der Waals surface area contributed by atoms with Crippen LogP contribution < -0.4 is 4.74 Å². The molecule has 0 saturated heterocycles. The van der Waals surface area contributed by atoms with Crippen LogP contribution in [0.1, 0.15) is 33.0 Å². The van der Waals surface area contributed by atoms with Crippen LogP contribution in [0.3, 0.4) is 0 Å². The molecule has 0 amide bonds. The molecule has 98 valence electrons. The number of esters is 1. The highest BCUT2D eigenvalue weighted by Crippen LogP contribution is 2.30. The number of ether oxygens (including phenoxy) is 1. The average Bonchev–Trinajstić information content (AvgIpc) is 2.85. The minimum Gasteiger partial charge on any atom is -0.422 e. The number of rotatable bonds is 2. The molecule has 3 rings (SSSR count). The predicted molar refractivity (Wildman–Crippen MR) is 80.1 cm³/mol. The molecule has 4 heteroatoms. The molecular formula is C15H13BrO2S. The van der Waals surface area contributed by atoms with Crippen LogP contribution >= 0.6 is 27.3 Å². The Morgan fingerprint density at radius 3 is 2.63 bits per heavy atom. The maximum atomic E-state index is 12.1. The van der Waals surface area contributed by atoms with Crippen LogP contribution in [0.2, 0.25) is 0 Å². The van der Waals surface area contributed by atoms with Gasteiger partial charge in [-0.1, -0.05) is 15.9 Å². The van der Waals surface area contributed by atoms with Crippen molar-refractivity contribution in [3.05, 3.63) is 50.1 Å². The van der Waals surface area contributed by atoms with E-state index >= 15 is 0 Å². The smallest absolute Gasteiger partial charge is 0.353 e. The first kappa shape index (κ1) is 12.9. The van der Waals surface area contributed by atoms with E-state index in [1.807, 2.05) is 18.2 Å². The maximum absolute atomic E-state index is 12.1. The fourth-order valence-corrected chi connectivity index (χ4v) is 3.65. The summed E-state index contributed by atoms with van der Waals surface area (Å²) in [6, 6.07) is 9.30. The molecular weight excluding hydrogens is 324 g/mol. The zero-order valence-electron chi connectivity index (χ0n) is 10.3. The summed E-state index contributed by atoms with van der Waals surface area (Å²) in [7, 11) is 0. The molecule has 2 aromatic rings. The Kier molecular flexibility index (Phi) is 3.71. The van der Waals surface area contributed by atoms with E-state index in [9.17, 15) is 4.79 Å². The molecule has 0 unspecified atom stereocenters. The van der Waals surface area contributed by atoms with Crippen molar-refractivity contribution in [2.75, 3.05) is 0 Å². The Hall–Kier alpha value is -1.13. The van der Waals surface area contributed by atoms with Crippen molar-refractivity contribution in [2.45, 2.75) is 25.7 Å². The summed E-state index contributed by atoms with van der Waals surface area (Å²) in [6.45, 7) is 0. The first-order valence-electron chi connectivity index (χ1n) is 6.32. The molecule has 2 nitrogen and oxygen atoms in total. The van der Waals surface area contributed by atoms with Gasteiger partial charge in [-0.15, -0.1) is 11.3 Å². The number of halogens is 1. The van der Waals surface area contributed by atoms with Crippen LogP contribution in [0.4, 0.5) is 0 Å². The number of carbonyl (C=O) groups is 1. The molecule has 1 aliphatic carbocycles. The van der Waals surface area contributed by atoms with Crippen molar-refractivity contribution < 1.29 is 9.53 Å². The third-order valence-electron chi connectivity index (χ3n) is 3.22. The summed E-state index contributed by atoms with van der Waals surface area (Å²) in [5.74, 6) is 0.335. The molecule has 0 fully saturated rings.